The zero-order valence-corrected chi connectivity index (χ0v) is 13.4. The molecular formula is C18H25FN2O2. The first-order valence-electron chi connectivity index (χ1n) is 8.68. The van der Waals surface area contributed by atoms with Gasteiger partial charge >= 0.3 is 6.03 Å². The van der Waals surface area contributed by atoms with Crippen molar-refractivity contribution in [2.45, 2.75) is 69.6 Å². The van der Waals surface area contributed by atoms with E-state index in [9.17, 15) is 9.18 Å². The molecule has 0 aromatic heterocycles. The van der Waals surface area contributed by atoms with E-state index in [2.05, 4.69) is 10.6 Å². The third-order valence-electron chi connectivity index (χ3n) is 4.82. The average molecular weight is 320 g/mol. The van der Waals surface area contributed by atoms with Gasteiger partial charge in [0.15, 0.2) is 0 Å². The summed E-state index contributed by atoms with van der Waals surface area (Å²) < 4.78 is 18.8. The minimum absolute atomic E-state index is 0.0280. The van der Waals surface area contributed by atoms with Crippen LogP contribution in [0.5, 0.6) is 5.75 Å². The minimum atomic E-state index is -0.251. The Morgan fingerprint density at radius 2 is 1.48 bits per heavy atom. The number of benzene rings is 1. The van der Waals surface area contributed by atoms with Crippen LogP contribution in [0.2, 0.25) is 0 Å². The SMILES string of the molecule is O=C(NC1CCCC1)N[C@H]1CC[C@@H](Oc2ccc(F)cc2)CC1. The Balaban J connectivity index is 1.37. The van der Waals surface area contributed by atoms with Crippen molar-refractivity contribution in [2.24, 2.45) is 0 Å². The molecule has 0 atom stereocenters. The maximum atomic E-state index is 12.9. The number of halogens is 1. The molecule has 2 fully saturated rings. The van der Waals surface area contributed by atoms with E-state index >= 15 is 0 Å². The van der Waals surface area contributed by atoms with Crippen LogP contribution >= 0.6 is 0 Å². The lowest BCUT2D eigenvalue weighted by atomic mass is 9.93. The Kier molecular flexibility index (Phi) is 5.36. The van der Waals surface area contributed by atoms with Gasteiger partial charge in [-0.25, -0.2) is 9.18 Å². The van der Waals surface area contributed by atoms with Gasteiger partial charge in [-0.1, -0.05) is 12.8 Å². The fourth-order valence-electron chi connectivity index (χ4n) is 3.51. The maximum Gasteiger partial charge on any atom is 0.315 e. The van der Waals surface area contributed by atoms with Crippen molar-refractivity contribution >= 4 is 6.03 Å². The van der Waals surface area contributed by atoms with Crippen LogP contribution in [0, 0.1) is 5.82 Å². The second-order valence-corrected chi connectivity index (χ2v) is 6.64. The Morgan fingerprint density at radius 3 is 2.09 bits per heavy atom. The summed E-state index contributed by atoms with van der Waals surface area (Å²) in [5.41, 5.74) is 0. The summed E-state index contributed by atoms with van der Waals surface area (Å²) in [4.78, 5) is 12.0. The van der Waals surface area contributed by atoms with Crippen LogP contribution in [-0.2, 0) is 0 Å². The summed E-state index contributed by atoms with van der Waals surface area (Å²) >= 11 is 0. The zero-order chi connectivity index (χ0) is 16.1. The summed E-state index contributed by atoms with van der Waals surface area (Å²) in [6, 6.07) is 6.70. The predicted octanol–water partition coefficient (Wildman–Crippen LogP) is 3.76. The van der Waals surface area contributed by atoms with Crippen molar-refractivity contribution in [3.05, 3.63) is 30.1 Å². The molecule has 2 saturated carbocycles. The monoisotopic (exact) mass is 320 g/mol. The molecule has 5 heteroatoms. The van der Waals surface area contributed by atoms with Gasteiger partial charge in [-0.3, -0.25) is 0 Å². The number of hydrogen-bond donors (Lipinski definition) is 2. The smallest absolute Gasteiger partial charge is 0.315 e. The third-order valence-corrected chi connectivity index (χ3v) is 4.82. The van der Waals surface area contributed by atoms with Crippen molar-refractivity contribution in [1.82, 2.24) is 10.6 Å². The number of rotatable bonds is 4. The fourth-order valence-corrected chi connectivity index (χ4v) is 3.51. The van der Waals surface area contributed by atoms with E-state index in [-0.39, 0.29) is 24.0 Å². The normalized spacial score (nSPS) is 25.1. The Bertz CT molecular complexity index is 506. The summed E-state index contributed by atoms with van der Waals surface area (Å²) in [5, 5.41) is 6.15. The molecule has 0 radical (unpaired) electrons. The van der Waals surface area contributed by atoms with Crippen molar-refractivity contribution in [2.75, 3.05) is 0 Å². The first kappa shape index (κ1) is 16.1. The van der Waals surface area contributed by atoms with Crippen molar-refractivity contribution < 1.29 is 13.9 Å². The molecule has 2 aliphatic rings. The summed E-state index contributed by atoms with van der Waals surface area (Å²) in [6.45, 7) is 0. The van der Waals surface area contributed by atoms with E-state index in [1.807, 2.05) is 0 Å². The minimum Gasteiger partial charge on any atom is -0.490 e. The molecule has 2 amide bonds. The third kappa shape index (κ3) is 4.85. The van der Waals surface area contributed by atoms with E-state index in [1.54, 1.807) is 12.1 Å². The quantitative estimate of drug-likeness (QED) is 0.887. The van der Waals surface area contributed by atoms with Gasteiger partial charge < -0.3 is 15.4 Å². The number of carbonyl (C=O) groups is 1. The van der Waals surface area contributed by atoms with Crippen molar-refractivity contribution in [3.63, 3.8) is 0 Å². The van der Waals surface area contributed by atoms with Gasteiger partial charge in [0, 0.05) is 12.1 Å². The van der Waals surface area contributed by atoms with E-state index < -0.39 is 0 Å². The highest BCUT2D eigenvalue weighted by molar-refractivity contribution is 5.74. The number of hydrogen-bond acceptors (Lipinski definition) is 2. The summed E-state index contributed by atoms with van der Waals surface area (Å²) in [7, 11) is 0. The predicted molar refractivity (Wildman–Crippen MR) is 87.0 cm³/mol. The van der Waals surface area contributed by atoms with Gasteiger partial charge in [0.2, 0.25) is 0 Å². The van der Waals surface area contributed by atoms with Gasteiger partial charge in [-0.05, 0) is 62.8 Å². The lowest BCUT2D eigenvalue weighted by Crippen LogP contribution is -2.47. The Labute approximate surface area is 136 Å². The molecule has 0 aliphatic heterocycles. The Morgan fingerprint density at radius 1 is 0.913 bits per heavy atom. The lowest BCUT2D eigenvalue weighted by Gasteiger charge is -2.30. The molecule has 2 N–H and O–H groups in total. The number of carbonyl (C=O) groups excluding carboxylic acids is 1. The summed E-state index contributed by atoms with van der Waals surface area (Å²) in [5.74, 6) is 0.459. The molecule has 0 heterocycles. The van der Waals surface area contributed by atoms with Gasteiger partial charge in [0.25, 0.3) is 0 Å². The molecule has 23 heavy (non-hydrogen) atoms. The Hall–Kier alpha value is -1.78. The molecular weight excluding hydrogens is 295 g/mol. The number of nitrogens with one attached hydrogen (secondary N) is 2. The summed E-state index contributed by atoms with van der Waals surface area (Å²) in [6.07, 6.45) is 8.45. The van der Waals surface area contributed by atoms with Gasteiger partial charge in [-0.15, -0.1) is 0 Å². The van der Waals surface area contributed by atoms with Crippen LogP contribution < -0.4 is 15.4 Å². The van der Waals surface area contributed by atoms with E-state index in [4.69, 9.17) is 4.74 Å². The van der Waals surface area contributed by atoms with Crippen LogP contribution in [0.3, 0.4) is 0 Å². The molecule has 3 rings (SSSR count). The fraction of sp³-hybridized carbons (Fsp3) is 0.611. The van der Waals surface area contributed by atoms with Crippen LogP contribution in [0.1, 0.15) is 51.4 Å². The highest BCUT2D eigenvalue weighted by atomic mass is 19.1. The highest BCUT2D eigenvalue weighted by Crippen LogP contribution is 2.24. The number of amides is 2. The largest absolute Gasteiger partial charge is 0.490 e. The topological polar surface area (TPSA) is 50.4 Å². The number of ether oxygens (including phenoxy) is 1. The maximum absolute atomic E-state index is 12.9. The molecule has 2 aliphatic carbocycles. The van der Waals surface area contributed by atoms with Gasteiger partial charge in [-0.2, -0.15) is 0 Å². The highest BCUT2D eigenvalue weighted by Gasteiger charge is 2.24. The van der Waals surface area contributed by atoms with E-state index in [1.165, 1.54) is 25.0 Å². The molecule has 1 aromatic carbocycles. The number of urea groups is 1. The molecule has 0 bridgehead atoms. The average Bonchev–Trinajstić information content (AvgIpc) is 3.04. The van der Waals surface area contributed by atoms with Crippen LogP contribution in [0.25, 0.3) is 0 Å². The van der Waals surface area contributed by atoms with Crippen LogP contribution in [0.4, 0.5) is 9.18 Å². The first-order valence-corrected chi connectivity index (χ1v) is 8.68. The molecule has 0 spiro atoms. The lowest BCUT2D eigenvalue weighted by molar-refractivity contribution is 0.140. The van der Waals surface area contributed by atoms with Crippen molar-refractivity contribution in [1.29, 1.82) is 0 Å². The second-order valence-electron chi connectivity index (χ2n) is 6.64. The van der Waals surface area contributed by atoms with Crippen LogP contribution in [-0.4, -0.2) is 24.2 Å². The molecule has 1 aromatic rings. The molecule has 0 saturated heterocycles. The first-order chi connectivity index (χ1) is 11.2. The zero-order valence-electron chi connectivity index (χ0n) is 13.4. The van der Waals surface area contributed by atoms with E-state index in [0.29, 0.717) is 11.8 Å². The van der Waals surface area contributed by atoms with Crippen LogP contribution in [0.15, 0.2) is 24.3 Å². The van der Waals surface area contributed by atoms with Crippen molar-refractivity contribution in [3.8, 4) is 5.75 Å². The van der Waals surface area contributed by atoms with Gasteiger partial charge in [0.1, 0.15) is 11.6 Å². The second kappa shape index (κ2) is 7.66. The molecule has 0 unspecified atom stereocenters. The molecule has 126 valence electrons. The van der Waals surface area contributed by atoms with Gasteiger partial charge in [0.05, 0.1) is 6.10 Å². The standard InChI is InChI=1S/C18H25FN2O2/c19-13-5-9-16(10-6-13)23-17-11-7-15(8-12-17)21-18(22)20-14-3-1-2-4-14/h5-6,9-10,14-15,17H,1-4,7-8,11-12H2,(H2,20,21,22)/t15-,17+. The molecule has 4 nitrogen and oxygen atoms in total. The van der Waals surface area contributed by atoms with E-state index in [0.717, 1.165) is 38.5 Å².